The van der Waals surface area contributed by atoms with Gasteiger partial charge in [0.25, 0.3) is 0 Å². The zero-order chi connectivity index (χ0) is 10.8. The Hall–Kier alpha value is -1.31. The molecule has 84 valence electrons. The summed E-state index contributed by atoms with van der Waals surface area (Å²) >= 11 is 0. The molecule has 2 aliphatic rings. The molecule has 1 aromatic carbocycles. The fraction of sp³-hybridized carbons (Fsp3) is 0.500. The molecule has 0 spiro atoms. The third kappa shape index (κ3) is 1.97. The molecule has 0 bridgehead atoms. The van der Waals surface area contributed by atoms with Gasteiger partial charge in [0.1, 0.15) is 5.84 Å². The van der Waals surface area contributed by atoms with Crippen molar-refractivity contribution in [1.29, 1.82) is 0 Å². The first-order chi connectivity index (χ1) is 7.92. The van der Waals surface area contributed by atoms with Crippen LogP contribution in [0.3, 0.4) is 0 Å². The summed E-state index contributed by atoms with van der Waals surface area (Å²) < 4.78 is 0. The van der Waals surface area contributed by atoms with Crippen molar-refractivity contribution in [3.63, 3.8) is 0 Å². The van der Waals surface area contributed by atoms with Crippen molar-refractivity contribution >= 4 is 5.84 Å². The summed E-state index contributed by atoms with van der Waals surface area (Å²) in [4.78, 5) is 4.81. The lowest BCUT2D eigenvalue weighted by molar-refractivity contribution is 0.384. The molecule has 2 heteroatoms. The molecule has 0 radical (unpaired) electrons. The van der Waals surface area contributed by atoms with Crippen LogP contribution in [0.4, 0.5) is 0 Å². The molecule has 2 nitrogen and oxygen atoms in total. The van der Waals surface area contributed by atoms with Crippen LogP contribution in [0.5, 0.6) is 0 Å². The maximum Gasteiger partial charge on any atom is 0.101 e. The van der Waals surface area contributed by atoms with Crippen LogP contribution in [0.25, 0.3) is 0 Å². The molecule has 1 N–H and O–H groups in total. The molecule has 3 rings (SSSR count). The van der Waals surface area contributed by atoms with Gasteiger partial charge in [-0.3, -0.25) is 4.99 Å². The molecule has 1 fully saturated rings. The molecule has 1 aromatic rings. The first-order valence-electron chi connectivity index (χ1n) is 6.29. The number of fused-ring (bicyclic) bond motifs is 1. The molecular weight excluding hydrogens is 196 g/mol. The van der Waals surface area contributed by atoms with Gasteiger partial charge in [0.2, 0.25) is 0 Å². The Kier molecular flexibility index (Phi) is 2.65. The van der Waals surface area contributed by atoms with Gasteiger partial charge in [-0.15, -0.1) is 0 Å². The van der Waals surface area contributed by atoms with Crippen LogP contribution in [0.2, 0.25) is 0 Å². The first-order valence-corrected chi connectivity index (χ1v) is 6.29. The van der Waals surface area contributed by atoms with Gasteiger partial charge in [0.05, 0.1) is 6.04 Å². The zero-order valence-electron chi connectivity index (χ0n) is 9.52. The van der Waals surface area contributed by atoms with E-state index in [0.29, 0.717) is 12.1 Å². The van der Waals surface area contributed by atoms with E-state index in [9.17, 15) is 0 Å². The number of hydrogen-bond acceptors (Lipinski definition) is 2. The van der Waals surface area contributed by atoms with E-state index in [0.717, 1.165) is 6.42 Å². The topological polar surface area (TPSA) is 24.4 Å². The lowest BCUT2D eigenvalue weighted by Gasteiger charge is -2.23. The summed E-state index contributed by atoms with van der Waals surface area (Å²) in [6, 6.07) is 11.8. The highest BCUT2D eigenvalue weighted by Gasteiger charge is 2.30. The van der Waals surface area contributed by atoms with Crippen LogP contribution in [0, 0.1) is 0 Å². The fourth-order valence-corrected chi connectivity index (χ4v) is 2.77. The van der Waals surface area contributed by atoms with Gasteiger partial charge in [-0.25, -0.2) is 0 Å². The highest BCUT2D eigenvalue weighted by Crippen LogP contribution is 2.25. The number of hydrogen-bond donors (Lipinski definition) is 1. The molecular formula is C14H18N2. The van der Waals surface area contributed by atoms with Crippen molar-refractivity contribution < 1.29 is 0 Å². The molecule has 1 aliphatic carbocycles. The minimum Gasteiger partial charge on any atom is -0.369 e. The van der Waals surface area contributed by atoms with E-state index in [-0.39, 0.29) is 0 Å². The molecule has 1 aliphatic heterocycles. The number of amidine groups is 1. The van der Waals surface area contributed by atoms with Crippen molar-refractivity contribution in [3.05, 3.63) is 35.9 Å². The summed E-state index contributed by atoms with van der Waals surface area (Å²) in [5.74, 6) is 1.20. The van der Waals surface area contributed by atoms with E-state index in [4.69, 9.17) is 4.99 Å². The van der Waals surface area contributed by atoms with E-state index >= 15 is 0 Å². The Bertz CT molecular complexity index is 383. The zero-order valence-corrected chi connectivity index (χ0v) is 9.52. The predicted octanol–water partition coefficient (Wildman–Crippen LogP) is 2.54. The van der Waals surface area contributed by atoms with Gasteiger partial charge in [-0.2, -0.15) is 0 Å². The maximum absolute atomic E-state index is 4.81. The molecule has 2 unspecified atom stereocenters. The van der Waals surface area contributed by atoms with Crippen molar-refractivity contribution in [2.75, 3.05) is 0 Å². The third-order valence-electron chi connectivity index (χ3n) is 3.62. The summed E-state index contributed by atoms with van der Waals surface area (Å²) in [7, 11) is 0. The second-order valence-electron chi connectivity index (χ2n) is 4.84. The monoisotopic (exact) mass is 214 g/mol. The van der Waals surface area contributed by atoms with Crippen LogP contribution in [0.1, 0.15) is 31.2 Å². The van der Waals surface area contributed by atoms with Crippen LogP contribution < -0.4 is 5.32 Å². The van der Waals surface area contributed by atoms with Gasteiger partial charge in [-0.05, 0) is 18.4 Å². The van der Waals surface area contributed by atoms with E-state index in [2.05, 4.69) is 35.6 Å². The molecule has 0 amide bonds. The summed E-state index contributed by atoms with van der Waals surface area (Å²) in [6.07, 6.45) is 6.25. The van der Waals surface area contributed by atoms with Crippen molar-refractivity contribution in [1.82, 2.24) is 5.32 Å². The second kappa shape index (κ2) is 4.28. The Morgan fingerprint density at radius 2 is 1.94 bits per heavy atom. The smallest absolute Gasteiger partial charge is 0.101 e. The number of rotatable bonds is 2. The summed E-state index contributed by atoms with van der Waals surface area (Å²) in [6.45, 7) is 0. The summed E-state index contributed by atoms with van der Waals surface area (Å²) in [5, 5.41) is 3.59. The lowest BCUT2D eigenvalue weighted by Crippen LogP contribution is -2.37. The third-order valence-corrected chi connectivity index (χ3v) is 3.62. The highest BCUT2D eigenvalue weighted by atomic mass is 15.1. The van der Waals surface area contributed by atoms with Gasteiger partial charge in [0, 0.05) is 12.5 Å². The van der Waals surface area contributed by atoms with Crippen LogP contribution >= 0.6 is 0 Å². The molecule has 0 saturated heterocycles. The number of aliphatic imine (C=N–C) groups is 1. The highest BCUT2D eigenvalue weighted by molar-refractivity contribution is 5.86. The molecule has 2 atom stereocenters. The number of nitrogens with one attached hydrogen (secondary N) is 1. The average Bonchev–Trinajstić information content (AvgIpc) is 2.72. The maximum atomic E-state index is 4.81. The van der Waals surface area contributed by atoms with Gasteiger partial charge in [-0.1, -0.05) is 43.2 Å². The van der Waals surface area contributed by atoms with E-state index in [1.165, 1.54) is 37.1 Å². The Morgan fingerprint density at radius 3 is 2.75 bits per heavy atom. The largest absolute Gasteiger partial charge is 0.369 e. The average molecular weight is 214 g/mol. The molecule has 1 saturated carbocycles. The lowest BCUT2D eigenvalue weighted by atomic mass is 9.92. The number of nitrogens with zero attached hydrogens (tertiary/aromatic N) is 1. The van der Waals surface area contributed by atoms with Crippen LogP contribution in [0.15, 0.2) is 35.3 Å². The van der Waals surface area contributed by atoms with Crippen molar-refractivity contribution in [3.8, 4) is 0 Å². The second-order valence-corrected chi connectivity index (χ2v) is 4.84. The molecule has 1 heterocycles. The fourth-order valence-electron chi connectivity index (χ4n) is 2.77. The predicted molar refractivity (Wildman–Crippen MR) is 66.8 cm³/mol. The molecule has 0 aromatic heterocycles. The van der Waals surface area contributed by atoms with Gasteiger partial charge < -0.3 is 5.32 Å². The quantitative estimate of drug-likeness (QED) is 0.804. The van der Waals surface area contributed by atoms with Crippen molar-refractivity contribution in [2.24, 2.45) is 4.99 Å². The van der Waals surface area contributed by atoms with Gasteiger partial charge in [0.15, 0.2) is 0 Å². The van der Waals surface area contributed by atoms with E-state index < -0.39 is 0 Å². The number of benzene rings is 1. The van der Waals surface area contributed by atoms with Crippen LogP contribution in [-0.2, 0) is 6.42 Å². The van der Waals surface area contributed by atoms with Gasteiger partial charge >= 0.3 is 0 Å². The SMILES string of the molecule is c1ccc(CC2=NC3CCCCC3N2)cc1. The normalized spacial score (nSPS) is 28.1. The van der Waals surface area contributed by atoms with Crippen molar-refractivity contribution in [2.45, 2.75) is 44.2 Å². The minimum atomic E-state index is 0.562. The first kappa shape index (κ1) is 9.88. The van der Waals surface area contributed by atoms with E-state index in [1.54, 1.807) is 0 Å². The molecule has 16 heavy (non-hydrogen) atoms. The Balaban J connectivity index is 1.68. The van der Waals surface area contributed by atoms with Crippen LogP contribution in [-0.4, -0.2) is 17.9 Å². The standard InChI is InChI=1S/C14H18N2/c1-2-6-11(7-3-1)10-14-15-12-8-4-5-9-13(12)16-14/h1-3,6-7,12-13H,4-5,8-10H2,(H,15,16). The Morgan fingerprint density at radius 1 is 1.12 bits per heavy atom. The minimum absolute atomic E-state index is 0.562. The summed E-state index contributed by atoms with van der Waals surface area (Å²) in [5.41, 5.74) is 1.35. The van der Waals surface area contributed by atoms with E-state index in [1.807, 2.05) is 0 Å². The Labute approximate surface area is 96.8 Å².